The lowest BCUT2D eigenvalue weighted by atomic mass is 10.1. The van der Waals surface area contributed by atoms with E-state index < -0.39 is 9.05 Å². The molecular formula is C15H15ClO3S. The number of rotatable bonds is 4. The van der Waals surface area contributed by atoms with Gasteiger partial charge >= 0.3 is 0 Å². The number of aryl methyl sites for hydroxylation is 2. The Morgan fingerprint density at radius 1 is 1.05 bits per heavy atom. The summed E-state index contributed by atoms with van der Waals surface area (Å²) in [5.41, 5.74) is 2.37. The van der Waals surface area contributed by atoms with Crippen molar-refractivity contribution >= 4 is 19.7 Å². The van der Waals surface area contributed by atoms with Crippen molar-refractivity contribution in [3.63, 3.8) is 0 Å². The van der Waals surface area contributed by atoms with E-state index in [4.69, 9.17) is 15.4 Å². The van der Waals surface area contributed by atoms with Crippen molar-refractivity contribution in [2.24, 2.45) is 0 Å². The highest BCUT2D eigenvalue weighted by atomic mass is 35.7. The second-order valence-electron chi connectivity index (χ2n) is 4.60. The van der Waals surface area contributed by atoms with Crippen LogP contribution >= 0.6 is 10.7 Å². The number of hydrogen-bond acceptors (Lipinski definition) is 3. The minimum absolute atomic E-state index is 0.128. The minimum Gasteiger partial charge on any atom is -0.489 e. The van der Waals surface area contributed by atoms with Gasteiger partial charge < -0.3 is 4.74 Å². The fourth-order valence-corrected chi connectivity index (χ4v) is 3.18. The molecule has 0 aliphatic carbocycles. The van der Waals surface area contributed by atoms with Crippen molar-refractivity contribution in [1.82, 2.24) is 0 Å². The third kappa shape index (κ3) is 3.52. The van der Waals surface area contributed by atoms with Gasteiger partial charge in [-0.15, -0.1) is 0 Å². The summed E-state index contributed by atoms with van der Waals surface area (Å²) in [6, 6.07) is 13.0. The highest BCUT2D eigenvalue weighted by molar-refractivity contribution is 8.13. The lowest BCUT2D eigenvalue weighted by Gasteiger charge is -2.12. The maximum absolute atomic E-state index is 11.4. The summed E-state index contributed by atoms with van der Waals surface area (Å²) in [6.45, 7) is 3.93. The monoisotopic (exact) mass is 310 g/mol. The van der Waals surface area contributed by atoms with E-state index in [0.717, 1.165) is 11.1 Å². The Labute approximate surface area is 123 Å². The van der Waals surface area contributed by atoms with Crippen LogP contribution in [0.4, 0.5) is 0 Å². The minimum atomic E-state index is -3.72. The van der Waals surface area contributed by atoms with Crippen molar-refractivity contribution < 1.29 is 13.2 Å². The van der Waals surface area contributed by atoms with Crippen LogP contribution in [0.3, 0.4) is 0 Å². The molecule has 0 aliphatic heterocycles. The molecule has 20 heavy (non-hydrogen) atoms. The number of benzene rings is 2. The first-order chi connectivity index (χ1) is 9.38. The molecule has 0 aliphatic rings. The third-order valence-corrected chi connectivity index (χ3v) is 4.44. The molecule has 5 heteroatoms. The van der Waals surface area contributed by atoms with Crippen LogP contribution < -0.4 is 4.74 Å². The van der Waals surface area contributed by atoms with Gasteiger partial charge in [0.2, 0.25) is 0 Å². The second-order valence-corrected chi connectivity index (χ2v) is 7.13. The van der Waals surface area contributed by atoms with E-state index in [-0.39, 0.29) is 4.90 Å². The Morgan fingerprint density at radius 3 is 2.30 bits per heavy atom. The Kier molecular flexibility index (Phi) is 4.35. The summed E-state index contributed by atoms with van der Waals surface area (Å²) >= 11 is 0. The van der Waals surface area contributed by atoms with Gasteiger partial charge in [0.25, 0.3) is 9.05 Å². The predicted molar refractivity (Wildman–Crippen MR) is 79.7 cm³/mol. The van der Waals surface area contributed by atoms with Gasteiger partial charge in [-0.2, -0.15) is 0 Å². The molecule has 0 atom stereocenters. The van der Waals surface area contributed by atoms with Crippen LogP contribution in [0.25, 0.3) is 0 Å². The van der Waals surface area contributed by atoms with Crippen molar-refractivity contribution in [2.75, 3.05) is 0 Å². The fraction of sp³-hybridized carbons (Fsp3) is 0.200. The molecular weight excluding hydrogens is 296 g/mol. The molecule has 0 bridgehead atoms. The van der Waals surface area contributed by atoms with Gasteiger partial charge in [-0.3, -0.25) is 0 Å². The zero-order valence-corrected chi connectivity index (χ0v) is 12.8. The van der Waals surface area contributed by atoms with Crippen LogP contribution in [-0.4, -0.2) is 8.42 Å². The van der Waals surface area contributed by atoms with Crippen LogP contribution in [0, 0.1) is 13.8 Å². The maximum Gasteiger partial charge on any atom is 0.261 e. The zero-order valence-electron chi connectivity index (χ0n) is 11.3. The number of ether oxygens (including phenoxy) is 1. The molecule has 106 valence electrons. The van der Waals surface area contributed by atoms with Gasteiger partial charge in [-0.1, -0.05) is 30.3 Å². The summed E-state index contributed by atoms with van der Waals surface area (Å²) in [6.07, 6.45) is 0. The molecule has 0 radical (unpaired) electrons. The first-order valence-electron chi connectivity index (χ1n) is 6.10. The van der Waals surface area contributed by atoms with E-state index in [1.807, 2.05) is 30.3 Å². The largest absolute Gasteiger partial charge is 0.489 e. The van der Waals surface area contributed by atoms with Crippen molar-refractivity contribution in [1.29, 1.82) is 0 Å². The summed E-state index contributed by atoms with van der Waals surface area (Å²) in [4.78, 5) is 0.128. The third-order valence-electron chi connectivity index (χ3n) is 2.97. The molecule has 0 N–H and O–H groups in total. The topological polar surface area (TPSA) is 43.4 Å². The first kappa shape index (κ1) is 14.9. The maximum atomic E-state index is 11.4. The molecule has 2 aromatic rings. The highest BCUT2D eigenvalue weighted by Crippen LogP contribution is 2.28. The van der Waals surface area contributed by atoms with Crippen LogP contribution in [0.5, 0.6) is 5.75 Å². The van der Waals surface area contributed by atoms with Crippen molar-refractivity contribution in [2.45, 2.75) is 25.3 Å². The normalized spacial score (nSPS) is 11.3. The fourth-order valence-electron chi connectivity index (χ4n) is 1.92. The van der Waals surface area contributed by atoms with Crippen LogP contribution in [0.15, 0.2) is 47.4 Å². The van der Waals surface area contributed by atoms with Gasteiger partial charge in [-0.25, -0.2) is 8.42 Å². The van der Waals surface area contributed by atoms with Gasteiger partial charge in [0.05, 0.1) is 4.90 Å². The van der Waals surface area contributed by atoms with E-state index in [0.29, 0.717) is 17.9 Å². The second kappa shape index (κ2) is 5.85. The van der Waals surface area contributed by atoms with Gasteiger partial charge in [0, 0.05) is 10.7 Å². The highest BCUT2D eigenvalue weighted by Gasteiger charge is 2.16. The molecule has 0 fully saturated rings. The standard InChI is InChI=1S/C15H15ClO3S/c1-11-9-15(20(16,17)18)12(2)8-14(11)19-10-13-6-4-3-5-7-13/h3-9H,10H2,1-2H3. The van der Waals surface area contributed by atoms with Crippen LogP contribution in [0.2, 0.25) is 0 Å². The van der Waals surface area contributed by atoms with Crippen LogP contribution in [0.1, 0.15) is 16.7 Å². The number of halogens is 1. The summed E-state index contributed by atoms with van der Waals surface area (Å²) in [7, 11) is 1.67. The molecule has 0 aromatic heterocycles. The quantitative estimate of drug-likeness (QED) is 0.807. The first-order valence-corrected chi connectivity index (χ1v) is 8.41. The molecule has 0 amide bonds. The molecule has 0 unspecified atom stereocenters. The van der Waals surface area contributed by atoms with Gasteiger partial charge in [0.1, 0.15) is 12.4 Å². The van der Waals surface area contributed by atoms with Gasteiger partial charge in [-0.05, 0) is 42.7 Å². The molecule has 2 rings (SSSR count). The molecule has 0 spiro atoms. The Balaban J connectivity index is 2.24. The summed E-state index contributed by atoms with van der Waals surface area (Å²) < 4.78 is 28.6. The Morgan fingerprint density at radius 2 is 1.70 bits per heavy atom. The average Bonchev–Trinajstić information content (AvgIpc) is 2.39. The molecule has 0 heterocycles. The van der Waals surface area contributed by atoms with Crippen molar-refractivity contribution in [3.8, 4) is 5.75 Å². The van der Waals surface area contributed by atoms with E-state index in [2.05, 4.69) is 0 Å². The molecule has 2 aromatic carbocycles. The zero-order chi connectivity index (χ0) is 14.8. The van der Waals surface area contributed by atoms with E-state index in [1.54, 1.807) is 19.9 Å². The molecule has 0 saturated heterocycles. The lowest BCUT2D eigenvalue weighted by molar-refractivity contribution is 0.303. The predicted octanol–water partition coefficient (Wildman–Crippen LogP) is 3.81. The molecule has 3 nitrogen and oxygen atoms in total. The average molecular weight is 311 g/mol. The lowest BCUT2D eigenvalue weighted by Crippen LogP contribution is -2.00. The number of hydrogen-bond donors (Lipinski definition) is 0. The van der Waals surface area contributed by atoms with Gasteiger partial charge in [0.15, 0.2) is 0 Å². The van der Waals surface area contributed by atoms with E-state index in [9.17, 15) is 8.42 Å². The van der Waals surface area contributed by atoms with Crippen molar-refractivity contribution in [3.05, 3.63) is 59.2 Å². The van der Waals surface area contributed by atoms with E-state index >= 15 is 0 Å². The summed E-state index contributed by atoms with van der Waals surface area (Å²) in [5.74, 6) is 0.662. The molecule has 0 saturated carbocycles. The SMILES string of the molecule is Cc1cc(S(=O)(=O)Cl)c(C)cc1OCc1ccccc1. The smallest absolute Gasteiger partial charge is 0.261 e. The Bertz CT molecular complexity index is 709. The Hall–Kier alpha value is -1.52. The summed E-state index contributed by atoms with van der Waals surface area (Å²) in [5, 5.41) is 0. The van der Waals surface area contributed by atoms with E-state index in [1.165, 1.54) is 6.07 Å². The van der Waals surface area contributed by atoms with Crippen LogP contribution in [-0.2, 0) is 15.7 Å².